The molecule has 2 aliphatic rings. The second-order valence-corrected chi connectivity index (χ2v) is 15.6. The molecule has 1 spiro atoms. The van der Waals surface area contributed by atoms with Crippen LogP contribution in [0.15, 0.2) is 66.1 Å². The Morgan fingerprint density at radius 2 is 1.84 bits per heavy atom. The van der Waals surface area contributed by atoms with Gasteiger partial charge in [-0.25, -0.2) is 13.6 Å². The second-order valence-electron chi connectivity index (χ2n) is 11.4. The summed E-state index contributed by atoms with van der Waals surface area (Å²) in [7, 11) is -6.83. The molecule has 0 radical (unpaired) electrons. The van der Waals surface area contributed by atoms with E-state index in [9.17, 15) is 25.9 Å². The van der Waals surface area contributed by atoms with E-state index in [0.29, 0.717) is 50.8 Å². The van der Waals surface area contributed by atoms with Crippen molar-refractivity contribution in [3.05, 3.63) is 81.9 Å². The molecule has 3 unspecified atom stereocenters. The molecule has 44 heavy (non-hydrogen) atoms. The molecule has 2 N–H and O–H groups in total. The molecule has 6 rings (SSSR count). The molecule has 232 valence electrons. The van der Waals surface area contributed by atoms with Crippen LogP contribution >= 0.6 is 23.2 Å². The van der Waals surface area contributed by atoms with Gasteiger partial charge < -0.3 is 4.74 Å². The maximum atomic E-state index is 12.6. The van der Waals surface area contributed by atoms with E-state index < -0.39 is 30.9 Å². The first-order valence-electron chi connectivity index (χ1n) is 13.9. The topological polar surface area (TPSA) is 127 Å². The van der Waals surface area contributed by atoms with E-state index in [4.69, 9.17) is 27.9 Å². The van der Waals surface area contributed by atoms with E-state index in [1.54, 1.807) is 18.2 Å². The largest absolute Gasteiger partial charge is 0.406 e. The SMILES string of the molecule is CC(=Cc1n(CCC(C)S(=O)(=O)O)c2cc(Cl)c(Cl)cc2[n+]1C)C=C1Oc2ccc3ccccc3c2[N+]12CCC2S(=O)(=O)O. The van der Waals surface area contributed by atoms with E-state index in [2.05, 4.69) is 0 Å². The standard InChI is InChI=1S/C30H29Cl2N3O7S2/c1-18(14-27-33(3)24-16-22(31)23(32)17-25(24)34(27)12-10-19(2)43(36,37)38)15-28-35(13-11-29(35)44(39,40)41)30-21-7-5-4-6-20(21)8-9-26(30)42-28/h4-9,14-17,19,29H,10-13H2,1-3H3/p+2. The molecule has 3 atom stereocenters. The summed E-state index contributed by atoms with van der Waals surface area (Å²) in [5, 5.41) is 0.341. The first-order chi connectivity index (χ1) is 20.6. The summed E-state index contributed by atoms with van der Waals surface area (Å²) in [6, 6.07) is 14.8. The molecule has 0 bridgehead atoms. The summed E-state index contributed by atoms with van der Waals surface area (Å²) in [4.78, 5) is 0. The summed E-state index contributed by atoms with van der Waals surface area (Å²) in [6.07, 6.45) is 4.04. The van der Waals surface area contributed by atoms with Crippen LogP contribution in [0.3, 0.4) is 0 Å². The van der Waals surface area contributed by atoms with Gasteiger partial charge in [0.2, 0.25) is 5.37 Å². The molecule has 2 aliphatic heterocycles. The predicted molar refractivity (Wildman–Crippen MR) is 172 cm³/mol. The molecule has 14 heteroatoms. The zero-order valence-electron chi connectivity index (χ0n) is 24.1. The third kappa shape index (κ3) is 5.02. The van der Waals surface area contributed by atoms with Gasteiger partial charge in [0.25, 0.3) is 15.9 Å². The molecule has 10 nitrogen and oxygen atoms in total. The molecule has 1 aromatic heterocycles. The van der Waals surface area contributed by atoms with Crippen LogP contribution in [0, 0.1) is 0 Å². The average Bonchev–Trinajstić information content (AvgIpc) is 3.38. The number of imidazole rings is 1. The van der Waals surface area contributed by atoms with Crippen LogP contribution in [0.25, 0.3) is 27.9 Å². The lowest BCUT2D eigenvalue weighted by Gasteiger charge is -2.45. The normalized spacial score (nSPS) is 22.0. The van der Waals surface area contributed by atoms with Gasteiger partial charge in [-0.3, -0.25) is 9.11 Å². The van der Waals surface area contributed by atoms with Gasteiger partial charge in [0.1, 0.15) is 0 Å². The maximum Gasteiger partial charge on any atom is 0.320 e. The molecule has 1 saturated heterocycles. The fourth-order valence-corrected chi connectivity index (χ4v) is 8.20. The van der Waals surface area contributed by atoms with E-state index in [-0.39, 0.29) is 23.9 Å². The number of ether oxygens (including phenoxy) is 1. The van der Waals surface area contributed by atoms with Crippen molar-refractivity contribution >= 4 is 77.0 Å². The van der Waals surface area contributed by atoms with Crippen molar-refractivity contribution in [2.45, 2.75) is 43.9 Å². The van der Waals surface area contributed by atoms with Crippen molar-refractivity contribution in [3.63, 3.8) is 0 Å². The summed E-state index contributed by atoms with van der Waals surface area (Å²) in [5.41, 5.74) is 2.86. The molecule has 4 aromatic rings. The number of fused-ring (bicyclic) bond motifs is 5. The Hall–Kier alpha value is -2.97. The van der Waals surface area contributed by atoms with Crippen LogP contribution in [0.5, 0.6) is 5.75 Å². The molecule has 3 aromatic carbocycles. The minimum Gasteiger partial charge on any atom is -0.406 e. The highest BCUT2D eigenvalue weighted by molar-refractivity contribution is 7.86. The monoisotopic (exact) mass is 679 g/mol. The Balaban J connectivity index is 1.50. The Bertz CT molecular complexity index is 2140. The third-order valence-electron chi connectivity index (χ3n) is 8.70. The highest BCUT2D eigenvalue weighted by atomic mass is 35.5. The van der Waals surface area contributed by atoms with Crippen LogP contribution in [0.4, 0.5) is 5.69 Å². The van der Waals surface area contributed by atoms with E-state index in [0.717, 1.165) is 16.3 Å². The average molecular weight is 681 g/mol. The second kappa shape index (κ2) is 10.8. The number of rotatable bonds is 7. The lowest BCUT2D eigenvalue weighted by molar-refractivity contribution is -0.647. The fourth-order valence-electron chi connectivity index (χ4n) is 6.30. The minimum absolute atomic E-state index is 0.130. The maximum absolute atomic E-state index is 12.6. The van der Waals surface area contributed by atoms with Crippen molar-refractivity contribution in [3.8, 4) is 5.75 Å². The number of aryl methyl sites for hydroxylation is 2. The van der Waals surface area contributed by atoms with E-state index in [1.807, 2.05) is 65.6 Å². The number of nitrogens with zero attached hydrogens (tertiary/aromatic N) is 3. The highest BCUT2D eigenvalue weighted by Crippen LogP contribution is 2.56. The van der Waals surface area contributed by atoms with Gasteiger partial charge >= 0.3 is 16.0 Å². The first kappa shape index (κ1) is 31.0. The van der Waals surface area contributed by atoms with Crippen molar-refractivity contribution in [2.75, 3.05) is 6.54 Å². The van der Waals surface area contributed by atoms with Crippen LogP contribution in [-0.4, -0.2) is 47.7 Å². The third-order valence-corrected chi connectivity index (χ3v) is 12.0. The van der Waals surface area contributed by atoms with Crippen molar-refractivity contribution < 1.29 is 35.2 Å². The quantitative estimate of drug-likeness (QED) is 0.142. The van der Waals surface area contributed by atoms with Crippen molar-refractivity contribution in [1.29, 1.82) is 0 Å². The summed E-state index contributed by atoms with van der Waals surface area (Å²) >= 11 is 12.7. The van der Waals surface area contributed by atoms with Crippen LogP contribution < -0.4 is 13.8 Å². The van der Waals surface area contributed by atoms with Crippen molar-refractivity contribution in [1.82, 2.24) is 9.05 Å². The van der Waals surface area contributed by atoms with E-state index >= 15 is 0 Å². The lowest BCUT2D eigenvalue weighted by atomic mass is 10.0. The number of allylic oxidation sites excluding steroid dienone is 2. The summed E-state index contributed by atoms with van der Waals surface area (Å²) in [5.74, 6) is 1.58. The molecule has 0 saturated carbocycles. The summed E-state index contributed by atoms with van der Waals surface area (Å²) < 4.78 is 78.6. The number of hydrogen-bond acceptors (Lipinski definition) is 5. The van der Waals surface area contributed by atoms with Gasteiger partial charge in [-0.05, 0) is 36.9 Å². The lowest BCUT2D eigenvalue weighted by Crippen LogP contribution is -2.67. The van der Waals surface area contributed by atoms with Crippen molar-refractivity contribution in [2.24, 2.45) is 7.05 Å². The Labute approximate surface area is 265 Å². The van der Waals surface area contributed by atoms with Crippen LogP contribution in [-0.2, 0) is 33.8 Å². The number of hydrogen-bond donors (Lipinski definition) is 2. The minimum atomic E-state index is -4.43. The highest BCUT2D eigenvalue weighted by Gasteiger charge is 2.63. The number of aromatic nitrogens is 2. The molecule has 0 amide bonds. The summed E-state index contributed by atoms with van der Waals surface area (Å²) in [6.45, 7) is 3.95. The Morgan fingerprint density at radius 3 is 2.50 bits per heavy atom. The molecule has 1 fully saturated rings. The van der Waals surface area contributed by atoms with Gasteiger partial charge in [0, 0.05) is 36.1 Å². The van der Waals surface area contributed by atoms with Crippen LogP contribution in [0.1, 0.15) is 32.5 Å². The number of halogens is 2. The molecular formula is C30H31Cl2N3O7S2+2. The molecule has 3 heterocycles. The van der Waals surface area contributed by atoms with Crippen LogP contribution in [0.2, 0.25) is 10.0 Å². The van der Waals surface area contributed by atoms with Gasteiger partial charge in [-0.2, -0.15) is 16.8 Å². The Morgan fingerprint density at radius 1 is 1.14 bits per heavy atom. The first-order valence-corrected chi connectivity index (χ1v) is 17.7. The predicted octanol–water partition coefficient (Wildman–Crippen LogP) is 5.85. The molecular weight excluding hydrogens is 649 g/mol. The Kier molecular flexibility index (Phi) is 7.64. The van der Waals surface area contributed by atoms with Gasteiger partial charge in [0.15, 0.2) is 22.5 Å². The number of benzene rings is 3. The fraction of sp³-hybridized carbons (Fsp3) is 0.300. The van der Waals surface area contributed by atoms with Gasteiger partial charge in [-0.15, -0.1) is 0 Å². The van der Waals surface area contributed by atoms with Gasteiger partial charge in [-0.1, -0.05) is 47.5 Å². The zero-order valence-corrected chi connectivity index (χ0v) is 27.3. The number of quaternary nitrogens is 1. The van der Waals surface area contributed by atoms with Gasteiger partial charge in [0.05, 0.1) is 41.9 Å². The molecule has 0 aliphatic carbocycles. The zero-order chi connectivity index (χ0) is 31.8. The van der Waals surface area contributed by atoms with E-state index in [1.165, 1.54) is 6.92 Å². The smallest absolute Gasteiger partial charge is 0.320 e.